The molecule has 0 spiro atoms. The van der Waals surface area contributed by atoms with E-state index in [1.54, 1.807) is 16.7 Å². The first kappa shape index (κ1) is 21.2. The second-order valence-corrected chi connectivity index (χ2v) is 8.94. The van der Waals surface area contributed by atoms with Crippen LogP contribution < -0.4 is 10.2 Å². The fourth-order valence-corrected chi connectivity index (χ4v) is 4.58. The molecular formula is C26H26N2O2S. The van der Waals surface area contributed by atoms with E-state index in [0.717, 1.165) is 27.3 Å². The molecule has 1 heterocycles. The molecule has 3 aromatic carbocycles. The first-order chi connectivity index (χ1) is 14.9. The predicted octanol–water partition coefficient (Wildman–Crippen LogP) is 4.99. The Bertz CT molecular complexity index is 1130. The minimum atomic E-state index is -1.03. The van der Waals surface area contributed by atoms with Gasteiger partial charge in [-0.3, -0.25) is 14.5 Å². The Balaban J connectivity index is 1.71. The highest BCUT2D eigenvalue weighted by Crippen LogP contribution is 2.36. The fraction of sp³-hybridized carbons (Fsp3) is 0.231. The molecule has 1 atom stereocenters. The van der Waals surface area contributed by atoms with Crippen LogP contribution in [0.5, 0.6) is 0 Å². The van der Waals surface area contributed by atoms with Crippen molar-refractivity contribution in [2.24, 2.45) is 0 Å². The highest BCUT2D eigenvalue weighted by atomic mass is 32.2. The van der Waals surface area contributed by atoms with E-state index in [2.05, 4.69) is 5.32 Å². The van der Waals surface area contributed by atoms with Crippen LogP contribution in [0.2, 0.25) is 0 Å². The van der Waals surface area contributed by atoms with Gasteiger partial charge < -0.3 is 5.32 Å². The van der Waals surface area contributed by atoms with E-state index in [1.807, 2.05) is 92.9 Å². The van der Waals surface area contributed by atoms with Crippen LogP contribution in [0.1, 0.15) is 34.0 Å². The van der Waals surface area contributed by atoms with Crippen molar-refractivity contribution in [1.82, 2.24) is 5.32 Å². The zero-order chi connectivity index (χ0) is 22.0. The monoisotopic (exact) mass is 430 g/mol. The highest BCUT2D eigenvalue weighted by molar-refractivity contribution is 7.98. The Morgan fingerprint density at radius 1 is 1.03 bits per heavy atom. The van der Waals surface area contributed by atoms with Gasteiger partial charge in [-0.2, -0.15) is 0 Å². The van der Waals surface area contributed by atoms with Gasteiger partial charge in [0, 0.05) is 29.1 Å². The Kier molecular flexibility index (Phi) is 5.88. The quantitative estimate of drug-likeness (QED) is 0.580. The van der Waals surface area contributed by atoms with Crippen LogP contribution in [0, 0.1) is 6.92 Å². The van der Waals surface area contributed by atoms with Crippen LogP contribution >= 0.6 is 11.8 Å². The number of anilines is 1. The van der Waals surface area contributed by atoms with Gasteiger partial charge in [0.25, 0.3) is 5.91 Å². The molecule has 0 bridgehead atoms. The van der Waals surface area contributed by atoms with E-state index >= 15 is 0 Å². The molecule has 5 heteroatoms. The van der Waals surface area contributed by atoms with E-state index in [4.69, 9.17) is 0 Å². The van der Waals surface area contributed by atoms with Gasteiger partial charge in [-0.25, -0.2) is 0 Å². The Morgan fingerprint density at radius 2 is 1.71 bits per heavy atom. The van der Waals surface area contributed by atoms with Gasteiger partial charge in [0.05, 0.1) is 0 Å². The van der Waals surface area contributed by atoms with E-state index in [-0.39, 0.29) is 11.8 Å². The molecule has 1 unspecified atom stereocenters. The van der Waals surface area contributed by atoms with Crippen LogP contribution in [0.15, 0.2) is 77.7 Å². The summed E-state index contributed by atoms with van der Waals surface area (Å²) in [6, 6.07) is 23.4. The maximum absolute atomic E-state index is 13.6. The lowest BCUT2D eigenvalue weighted by Gasteiger charge is -2.44. The molecule has 0 aliphatic carbocycles. The fourth-order valence-electron chi connectivity index (χ4n) is 4.17. The van der Waals surface area contributed by atoms with Crippen LogP contribution in [0.25, 0.3) is 0 Å². The third kappa shape index (κ3) is 3.98. The predicted molar refractivity (Wildman–Crippen MR) is 127 cm³/mol. The number of rotatable bonds is 5. The highest BCUT2D eigenvalue weighted by Gasteiger charge is 2.47. The SMILES string of the molecule is CSc1ccc(N2C(=O)c3ccccc3CC2(C)C(=O)NCc2ccccc2C)cc1. The zero-order valence-electron chi connectivity index (χ0n) is 18.0. The third-order valence-electron chi connectivity index (χ3n) is 6.00. The number of nitrogens with zero attached hydrogens (tertiary/aromatic N) is 1. The Morgan fingerprint density at radius 3 is 2.42 bits per heavy atom. The van der Waals surface area contributed by atoms with E-state index < -0.39 is 5.54 Å². The maximum atomic E-state index is 13.6. The number of fused-ring (bicyclic) bond motifs is 1. The Hall–Kier alpha value is -3.05. The first-order valence-corrected chi connectivity index (χ1v) is 11.6. The lowest BCUT2D eigenvalue weighted by Crippen LogP contribution is -2.63. The summed E-state index contributed by atoms with van der Waals surface area (Å²) in [7, 11) is 0. The van der Waals surface area contributed by atoms with Crippen molar-refractivity contribution in [3.63, 3.8) is 0 Å². The van der Waals surface area contributed by atoms with Crippen LogP contribution in [0.3, 0.4) is 0 Å². The molecule has 31 heavy (non-hydrogen) atoms. The standard InChI is InChI=1S/C26H26N2O2S/c1-18-8-4-5-10-20(18)17-27-25(30)26(2)16-19-9-6-7-11-23(19)24(29)28(26)21-12-14-22(31-3)15-13-21/h4-15H,16-17H2,1-3H3,(H,27,30). The largest absolute Gasteiger partial charge is 0.350 e. The van der Waals surface area contributed by atoms with Crippen molar-refractivity contribution >= 4 is 29.3 Å². The molecule has 0 radical (unpaired) electrons. The van der Waals surface area contributed by atoms with Gasteiger partial charge in [0.15, 0.2) is 0 Å². The Labute approximate surface area is 187 Å². The van der Waals surface area contributed by atoms with Crippen LogP contribution in [-0.2, 0) is 17.8 Å². The minimum Gasteiger partial charge on any atom is -0.350 e. The van der Waals surface area contributed by atoms with Crippen molar-refractivity contribution < 1.29 is 9.59 Å². The average molecular weight is 431 g/mol. The number of hydrogen-bond donors (Lipinski definition) is 1. The van der Waals surface area contributed by atoms with Gasteiger partial charge in [0.1, 0.15) is 5.54 Å². The molecule has 1 aliphatic heterocycles. The summed E-state index contributed by atoms with van der Waals surface area (Å²) in [6.45, 7) is 4.32. The molecule has 1 aliphatic rings. The van der Waals surface area contributed by atoms with E-state index in [0.29, 0.717) is 18.5 Å². The molecule has 158 valence electrons. The number of nitrogens with one attached hydrogen (secondary N) is 1. The van der Waals surface area contributed by atoms with Crippen molar-refractivity contribution in [1.29, 1.82) is 0 Å². The van der Waals surface area contributed by atoms with E-state index in [1.165, 1.54) is 0 Å². The average Bonchev–Trinajstić information content (AvgIpc) is 2.79. The van der Waals surface area contributed by atoms with Gasteiger partial charge in [-0.15, -0.1) is 11.8 Å². The van der Waals surface area contributed by atoms with Gasteiger partial charge in [-0.05, 0) is 67.1 Å². The maximum Gasteiger partial charge on any atom is 0.259 e. The second kappa shape index (κ2) is 8.60. The molecule has 4 rings (SSSR count). The van der Waals surface area contributed by atoms with Gasteiger partial charge >= 0.3 is 0 Å². The number of hydrogen-bond acceptors (Lipinski definition) is 3. The lowest BCUT2D eigenvalue weighted by atomic mass is 9.82. The number of aryl methyl sites for hydroxylation is 1. The van der Waals surface area contributed by atoms with E-state index in [9.17, 15) is 9.59 Å². The number of benzene rings is 3. The third-order valence-corrected chi connectivity index (χ3v) is 6.74. The number of carbonyl (C=O) groups excluding carboxylic acids is 2. The number of thioether (sulfide) groups is 1. The summed E-state index contributed by atoms with van der Waals surface area (Å²) in [5.74, 6) is -0.306. The summed E-state index contributed by atoms with van der Waals surface area (Å²) in [5, 5.41) is 3.09. The van der Waals surface area contributed by atoms with Crippen molar-refractivity contribution in [2.45, 2.75) is 37.2 Å². The number of amides is 2. The molecule has 0 aromatic heterocycles. The van der Waals surface area contributed by atoms with Crippen molar-refractivity contribution in [2.75, 3.05) is 11.2 Å². The zero-order valence-corrected chi connectivity index (χ0v) is 18.8. The second-order valence-electron chi connectivity index (χ2n) is 8.06. The van der Waals surface area contributed by atoms with Gasteiger partial charge in [-0.1, -0.05) is 42.5 Å². The van der Waals surface area contributed by atoms with Crippen LogP contribution in [-0.4, -0.2) is 23.6 Å². The summed E-state index contributed by atoms with van der Waals surface area (Å²) in [4.78, 5) is 29.9. The van der Waals surface area contributed by atoms with Crippen molar-refractivity contribution in [3.8, 4) is 0 Å². The first-order valence-electron chi connectivity index (χ1n) is 10.3. The minimum absolute atomic E-state index is 0.146. The molecule has 2 amide bonds. The van der Waals surface area contributed by atoms with Crippen molar-refractivity contribution in [3.05, 3.63) is 95.1 Å². The summed E-state index contributed by atoms with van der Waals surface area (Å²) in [6.07, 6.45) is 2.47. The topological polar surface area (TPSA) is 49.4 Å². The molecule has 1 N–H and O–H groups in total. The van der Waals surface area contributed by atoms with Crippen LogP contribution in [0.4, 0.5) is 5.69 Å². The molecule has 0 fully saturated rings. The summed E-state index contributed by atoms with van der Waals surface area (Å²) < 4.78 is 0. The molecular weight excluding hydrogens is 404 g/mol. The normalized spacial score (nSPS) is 17.9. The van der Waals surface area contributed by atoms with Gasteiger partial charge in [0.2, 0.25) is 5.91 Å². The summed E-state index contributed by atoms with van der Waals surface area (Å²) in [5.41, 5.74) is 3.44. The lowest BCUT2D eigenvalue weighted by molar-refractivity contribution is -0.126. The molecule has 3 aromatic rings. The molecule has 4 nitrogen and oxygen atoms in total. The molecule has 0 saturated carbocycles. The number of carbonyl (C=O) groups is 2. The molecule has 0 saturated heterocycles. The smallest absolute Gasteiger partial charge is 0.259 e. The summed E-state index contributed by atoms with van der Waals surface area (Å²) >= 11 is 1.64.